The molecule has 0 bridgehead atoms. The van der Waals surface area contributed by atoms with Gasteiger partial charge in [0.1, 0.15) is 0 Å². The normalized spacial score (nSPS) is 3.00. The molecule has 0 aliphatic heterocycles. The van der Waals surface area contributed by atoms with Gasteiger partial charge in [-0.2, -0.15) is 0 Å². The standard InChI is InChI=1S/F2O.Fe.Li.Ta.H/c1-3-2;;;;/q;;+1;;-1. The first kappa shape index (κ1) is 25.3. The summed E-state index contributed by atoms with van der Waals surface area (Å²) in [5, 5.41) is 1.25. The van der Waals surface area contributed by atoms with Crippen molar-refractivity contribution in [3.8, 4) is 0 Å². The van der Waals surface area contributed by atoms with Crippen LogP contribution in [-0.4, -0.2) is 0 Å². The predicted octanol–water partition coefficient (Wildman–Crippen LogP) is -2.12. The molecule has 0 aromatic heterocycles. The monoisotopic (exact) mass is 299 g/mol. The summed E-state index contributed by atoms with van der Waals surface area (Å²) in [6.07, 6.45) is 0. The number of halogens is 2. The van der Waals surface area contributed by atoms with Crippen LogP contribution in [0.3, 0.4) is 0 Å². The summed E-state index contributed by atoms with van der Waals surface area (Å²) >= 11 is 0. The second-order valence-corrected chi connectivity index (χ2v) is 0.0583. The number of rotatable bonds is 0. The van der Waals surface area contributed by atoms with Crippen LogP contribution < -0.4 is 18.9 Å². The van der Waals surface area contributed by atoms with Gasteiger partial charge < -0.3 is 1.43 Å². The maximum atomic E-state index is 9.12. The minimum absolute atomic E-state index is 0. The fraction of sp³-hybridized carbons (Fsp3) is 0. The van der Waals surface area contributed by atoms with Gasteiger partial charge in [0.05, 0.1) is 0 Å². The molecule has 0 rings (SSSR count). The molecule has 0 aliphatic carbocycles. The Morgan fingerprint density at radius 3 is 1.33 bits per heavy atom. The zero-order valence-electron chi connectivity index (χ0n) is 3.96. The molecule has 0 amide bonds. The number of hydrogen-bond donors (Lipinski definition) is 0. The Balaban J connectivity index is -0.00000000333. The zero-order valence-corrected chi connectivity index (χ0v) is 7.28. The van der Waals surface area contributed by atoms with Crippen LogP contribution in [0.5, 0.6) is 0 Å². The summed E-state index contributed by atoms with van der Waals surface area (Å²) in [7, 11) is 0. The summed E-state index contributed by atoms with van der Waals surface area (Å²) in [5.74, 6) is 0. The Morgan fingerprint density at radius 1 is 1.33 bits per heavy atom. The average molecular weight is 299 g/mol. The van der Waals surface area contributed by atoms with Gasteiger partial charge in [-0.25, -0.2) is 0 Å². The second-order valence-electron chi connectivity index (χ2n) is 0.0583. The van der Waals surface area contributed by atoms with E-state index in [1.165, 1.54) is 5.15 Å². The van der Waals surface area contributed by atoms with E-state index < -0.39 is 0 Å². The van der Waals surface area contributed by atoms with E-state index >= 15 is 0 Å². The summed E-state index contributed by atoms with van der Waals surface area (Å²) in [6, 6.07) is 0. The minimum atomic E-state index is 0. The summed E-state index contributed by atoms with van der Waals surface area (Å²) < 4.78 is 18.2. The maximum Gasteiger partial charge on any atom is 1.00 e. The van der Waals surface area contributed by atoms with Gasteiger partial charge in [0.2, 0.25) is 0 Å². The topological polar surface area (TPSA) is 9.23 Å². The average Bonchev–Trinajstić information content (AvgIpc) is 0.918. The Hall–Kier alpha value is 1.68. The van der Waals surface area contributed by atoms with Gasteiger partial charge in [-0.05, 0) is 9.05 Å². The van der Waals surface area contributed by atoms with Crippen molar-refractivity contribution in [3.63, 3.8) is 0 Å². The van der Waals surface area contributed by atoms with Gasteiger partial charge in [0.15, 0.2) is 0 Å². The largest absolute Gasteiger partial charge is 1.00 e. The first-order chi connectivity index (χ1) is 1.41. The van der Waals surface area contributed by atoms with E-state index in [0.29, 0.717) is 0 Å². The van der Waals surface area contributed by atoms with Crippen molar-refractivity contribution in [3.05, 3.63) is 0 Å². The van der Waals surface area contributed by atoms with Crippen LogP contribution in [0.25, 0.3) is 0 Å². The number of hydrogen-bond acceptors (Lipinski definition) is 1. The van der Waals surface area contributed by atoms with Crippen molar-refractivity contribution in [1.82, 2.24) is 0 Å². The van der Waals surface area contributed by atoms with Gasteiger partial charge in [0, 0.05) is 44.6 Å². The van der Waals surface area contributed by atoms with Gasteiger partial charge in [0.25, 0.3) is 0 Å². The van der Waals surface area contributed by atoms with Gasteiger partial charge in [-0.1, -0.05) is 0 Å². The minimum Gasteiger partial charge on any atom is -1.00 e. The summed E-state index contributed by atoms with van der Waals surface area (Å²) in [6.45, 7) is 0. The van der Waals surface area contributed by atoms with Crippen molar-refractivity contribution >= 4 is 0 Å². The molecule has 0 aromatic carbocycles. The molecule has 0 spiro atoms. The Kier molecular flexibility index (Phi) is 127. The van der Waals surface area contributed by atoms with E-state index in [1.54, 1.807) is 0 Å². The molecule has 0 unspecified atom stereocenters. The Bertz CT molecular complexity index is 17.7. The smallest absolute Gasteiger partial charge is 1.00 e. The summed E-state index contributed by atoms with van der Waals surface area (Å²) in [4.78, 5) is 0. The third-order valence-corrected chi connectivity index (χ3v) is 0. The molecule has 1 nitrogen and oxygen atoms in total. The molecule has 0 heterocycles. The van der Waals surface area contributed by atoms with E-state index in [0.717, 1.165) is 0 Å². The van der Waals surface area contributed by atoms with Crippen LogP contribution in [0.4, 0.5) is 9.05 Å². The van der Waals surface area contributed by atoms with Crippen LogP contribution in [0, 0.1) is 0 Å². The zero-order chi connectivity index (χ0) is 2.71. The molecule has 0 saturated carbocycles. The Labute approximate surface area is 73.6 Å². The fourth-order valence-electron chi connectivity index (χ4n) is 0. The first-order valence-electron chi connectivity index (χ1n) is 0.309. The van der Waals surface area contributed by atoms with Crippen molar-refractivity contribution in [1.29, 1.82) is 0 Å². The third-order valence-electron chi connectivity index (χ3n) is 0. The molecule has 1 radical (unpaired) electrons. The first-order valence-corrected chi connectivity index (χ1v) is 0.309. The summed E-state index contributed by atoms with van der Waals surface area (Å²) in [5.41, 5.74) is 0. The Morgan fingerprint density at radius 2 is 1.33 bits per heavy atom. The molecule has 0 fully saturated rings. The third kappa shape index (κ3) is 44.2. The quantitative estimate of drug-likeness (QED) is 0.465. The predicted molar refractivity (Wildman–Crippen MR) is 4.41 cm³/mol. The van der Waals surface area contributed by atoms with Crippen molar-refractivity contribution in [2.24, 2.45) is 0 Å². The molecular formula is HF2FeLiOTa. The van der Waals surface area contributed by atoms with E-state index in [9.17, 15) is 0 Å². The molecule has 0 atom stereocenters. The molecule has 0 aromatic rings. The second kappa shape index (κ2) is 30.0. The molecule has 0 N–H and O–H groups in total. The van der Waals surface area contributed by atoms with E-state index in [4.69, 9.17) is 9.05 Å². The van der Waals surface area contributed by atoms with Crippen molar-refractivity contribution in [2.75, 3.05) is 0 Å². The van der Waals surface area contributed by atoms with Crippen molar-refractivity contribution in [2.45, 2.75) is 0 Å². The van der Waals surface area contributed by atoms with E-state index in [2.05, 4.69) is 0 Å². The molecule has 0 saturated heterocycles. The van der Waals surface area contributed by atoms with Gasteiger partial charge >= 0.3 is 18.9 Å². The van der Waals surface area contributed by atoms with Crippen LogP contribution in [0.2, 0.25) is 0 Å². The maximum absolute atomic E-state index is 9.12. The van der Waals surface area contributed by atoms with E-state index in [-0.39, 0.29) is 59.7 Å². The molecule has 6 heteroatoms. The van der Waals surface area contributed by atoms with Crippen LogP contribution in [0.1, 0.15) is 1.43 Å². The van der Waals surface area contributed by atoms with Crippen molar-refractivity contribution < 1.29 is 73.9 Å². The van der Waals surface area contributed by atoms with E-state index in [1.807, 2.05) is 0 Å². The van der Waals surface area contributed by atoms with Crippen LogP contribution >= 0.6 is 0 Å². The molecule has 6 heavy (non-hydrogen) atoms. The molecule has 35 valence electrons. The van der Waals surface area contributed by atoms with Gasteiger partial charge in [-0.3, -0.25) is 0 Å². The van der Waals surface area contributed by atoms with Crippen LogP contribution in [0.15, 0.2) is 0 Å². The fourth-order valence-corrected chi connectivity index (χ4v) is 0. The SMILES string of the molecule is FOF.[Fe].[H-].[Li+].[Ta]. The van der Waals surface area contributed by atoms with Crippen LogP contribution in [-0.2, 0) is 44.6 Å². The molecular weight excluding hydrogens is 298 g/mol. The molecule has 0 aliphatic rings. The van der Waals surface area contributed by atoms with Gasteiger partial charge in [-0.15, -0.1) is 0 Å².